The summed E-state index contributed by atoms with van der Waals surface area (Å²) in [6.07, 6.45) is 0. The normalized spacial score (nSPS) is 12.4. The van der Waals surface area contributed by atoms with Crippen LogP contribution in [0.25, 0.3) is 11.0 Å². The lowest BCUT2D eigenvalue weighted by molar-refractivity contribution is 0.102. The molecule has 6 heteroatoms. The van der Waals surface area contributed by atoms with Crippen molar-refractivity contribution >= 4 is 28.6 Å². The maximum atomic E-state index is 13.0. The SMILES string of the molecule is COc1ccc2nc(SCC(=O)c3cc(C(C)(C)C)c(O)c(C(C)(C)C)c3)[nH]c2c1. The fourth-order valence-electron chi connectivity index (χ4n) is 3.32. The van der Waals surface area contributed by atoms with Crippen LogP contribution in [0, 0.1) is 0 Å². The molecule has 3 aromatic rings. The molecule has 2 aromatic carbocycles. The number of benzene rings is 2. The molecule has 3 rings (SSSR count). The van der Waals surface area contributed by atoms with E-state index in [0.29, 0.717) is 10.7 Å². The molecular formula is C24H30N2O3S. The molecule has 2 N–H and O–H groups in total. The van der Waals surface area contributed by atoms with Gasteiger partial charge in [0.1, 0.15) is 11.5 Å². The van der Waals surface area contributed by atoms with E-state index in [1.807, 2.05) is 71.9 Å². The zero-order chi connectivity index (χ0) is 22.3. The number of aromatic amines is 1. The Hall–Kier alpha value is -2.47. The number of fused-ring (bicyclic) bond motifs is 1. The van der Waals surface area contributed by atoms with Gasteiger partial charge >= 0.3 is 0 Å². The Morgan fingerprint density at radius 3 is 2.20 bits per heavy atom. The number of Topliss-reactive ketones (excluding diaryl/α,β-unsaturated/α-hetero) is 1. The minimum absolute atomic E-state index is 0.00837. The van der Waals surface area contributed by atoms with Gasteiger partial charge in [0.2, 0.25) is 0 Å². The van der Waals surface area contributed by atoms with Gasteiger partial charge in [-0.3, -0.25) is 4.79 Å². The highest BCUT2D eigenvalue weighted by atomic mass is 32.2. The van der Waals surface area contributed by atoms with Gasteiger partial charge in [0.15, 0.2) is 10.9 Å². The van der Waals surface area contributed by atoms with Gasteiger partial charge < -0.3 is 14.8 Å². The van der Waals surface area contributed by atoms with Crippen molar-refractivity contribution in [2.45, 2.75) is 57.5 Å². The lowest BCUT2D eigenvalue weighted by Crippen LogP contribution is -2.19. The van der Waals surface area contributed by atoms with Crippen molar-refractivity contribution in [1.82, 2.24) is 9.97 Å². The van der Waals surface area contributed by atoms with Crippen molar-refractivity contribution in [2.24, 2.45) is 0 Å². The molecule has 0 saturated carbocycles. The van der Waals surface area contributed by atoms with Gasteiger partial charge in [0.05, 0.1) is 23.9 Å². The monoisotopic (exact) mass is 426 g/mol. The number of methoxy groups -OCH3 is 1. The Labute approximate surface area is 182 Å². The van der Waals surface area contributed by atoms with Crippen LogP contribution < -0.4 is 4.74 Å². The van der Waals surface area contributed by atoms with Crippen LogP contribution in [0.15, 0.2) is 35.5 Å². The lowest BCUT2D eigenvalue weighted by Gasteiger charge is -2.28. The number of aromatic nitrogens is 2. The minimum Gasteiger partial charge on any atom is -0.507 e. The average Bonchev–Trinajstić information content (AvgIpc) is 3.06. The van der Waals surface area contributed by atoms with E-state index in [0.717, 1.165) is 27.9 Å². The molecule has 1 aromatic heterocycles. The maximum Gasteiger partial charge on any atom is 0.173 e. The standard InChI is InChI=1S/C24H30N2O3S/c1-23(2,3)16-10-14(11-17(21(16)28)24(4,5)6)20(27)13-30-22-25-18-9-8-15(29-7)12-19(18)26-22/h8-12,28H,13H2,1-7H3,(H,25,26). The molecule has 0 saturated heterocycles. The zero-order valence-electron chi connectivity index (χ0n) is 18.7. The van der Waals surface area contributed by atoms with Gasteiger partial charge in [0.25, 0.3) is 0 Å². The fraction of sp³-hybridized carbons (Fsp3) is 0.417. The van der Waals surface area contributed by atoms with Crippen LogP contribution in [0.5, 0.6) is 11.5 Å². The number of aromatic hydroxyl groups is 1. The van der Waals surface area contributed by atoms with E-state index in [1.54, 1.807) is 7.11 Å². The topological polar surface area (TPSA) is 75.2 Å². The minimum atomic E-state index is -0.273. The van der Waals surface area contributed by atoms with E-state index in [-0.39, 0.29) is 28.1 Å². The second-order valence-electron chi connectivity index (χ2n) is 9.56. The smallest absolute Gasteiger partial charge is 0.173 e. The van der Waals surface area contributed by atoms with E-state index >= 15 is 0 Å². The summed E-state index contributed by atoms with van der Waals surface area (Å²) in [5.41, 5.74) is 3.36. The zero-order valence-corrected chi connectivity index (χ0v) is 19.5. The molecule has 160 valence electrons. The lowest BCUT2D eigenvalue weighted by atomic mass is 9.78. The van der Waals surface area contributed by atoms with Gasteiger partial charge in [-0.2, -0.15) is 0 Å². The van der Waals surface area contributed by atoms with Gasteiger partial charge in [-0.1, -0.05) is 53.3 Å². The number of thioether (sulfide) groups is 1. The molecule has 0 unspecified atom stereocenters. The van der Waals surface area contributed by atoms with E-state index in [9.17, 15) is 9.90 Å². The molecule has 0 atom stereocenters. The molecule has 0 amide bonds. The first-order valence-electron chi connectivity index (χ1n) is 9.98. The Balaban J connectivity index is 1.88. The average molecular weight is 427 g/mol. The van der Waals surface area contributed by atoms with Gasteiger partial charge in [-0.15, -0.1) is 0 Å². The van der Waals surface area contributed by atoms with Gasteiger partial charge in [-0.05, 0) is 35.1 Å². The Morgan fingerprint density at radius 2 is 1.67 bits per heavy atom. The molecule has 5 nitrogen and oxygen atoms in total. The Bertz CT molecular complexity index is 1050. The number of phenolic OH excluding ortho intramolecular Hbond substituents is 1. The number of nitrogens with zero attached hydrogens (tertiary/aromatic N) is 1. The largest absolute Gasteiger partial charge is 0.507 e. The summed E-state index contributed by atoms with van der Waals surface area (Å²) in [7, 11) is 1.63. The van der Waals surface area contributed by atoms with Gasteiger partial charge in [-0.25, -0.2) is 4.98 Å². The predicted molar refractivity (Wildman–Crippen MR) is 123 cm³/mol. The Kier molecular flexibility index (Phi) is 5.92. The van der Waals surface area contributed by atoms with Crippen molar-refractivity contribution in [1.29, 1.82) is 0 Å². The highest BCUT2D eigenvalue weighted by Gasteiger charge is 2.27. The summed E-state index contributed by atoms with van der Waals surface area (Å²) in [6, 6.07) is 9.30. The second-order valence-corrected chi connectivity index (χ2v) is 10.5. The number of imidazole rings is 1. The number of hydrogen-bond acceptors (Lipinski definition) is 5. The molecule has 1 heterocycles. The van der Waals surface area contributed by atoms with Crippen LogP contribution in [-0.4, -0.2) is 33.7 Å². The van der Waals surface area contributed by atoms with Crippen LogP contribution in [0.3, 0.4) is 0 Å². The van der Waals surface area contributed by atoms with E-state index in [4.69, 9.17) is 4.74 Å². The van der Waals surface area contributed by atoms with Crippen molar-refractivity contribution in [3.8, 4) is 11.5 Å². The van der Waals surface area contributed by atoms with E-state index in [1.165, 1.54) is 11.8 Å². The highest BCUT2D eigenvalue weighted by Crippen LogP contribution is 2.40. The number of carbonyl (C=O) groups excluding carboxylic acids is 1. The van der Waals surface area contributed by atoms with Crippen molar-refractivity contribution in [3.05, 3.63) is 47.0 Å². The number of rotatable bonds is 5. The highest BCUT2D eigenvalue weighted by molar-refractivity contribution is 7.99. The number of nitrogens with one attached hydrogen (secondary N) is 1. The predicted octanol–water partition coefficient (Wildman–Crippen LogP) is 5.85. The summed E-state index contributed by atoms with van der Waals surface area (Å²) in [5, 5.41) is 11.5. The fourth-order valence-corrected chi connectivity index (χ4v) is 4.10. The van der Waals surface area contributed by atoms with Crippen LogP contribution in [0.2, 0.25) is 0 Å². The molecule has 0 aliphatic carbocycles. The number of H-pyrrole nitrogens is 1. The van der Waals surface area contributed by atoms with Crippen molar-refractivity contribution in [3.63, 3.8) is 0 Å². The van der Waals surface area contributed by atoms with Crippen LogP contribution in [-0.2, 0) is 10.8 Å². The molecule has 0 bridgehead atoms. The van der Waals surface area contributed by atoms with E-state index < -0.39 is 0 Å². The van der Waals surface area contributed by atoms with Crippen molar-refractivity contribution < 1.29 is 14.6 Å². The summed E-state index contributed by atoms with van der Waals surface area (Å²) in [6.45, 7) is 12.3. The van der Waals surface area contributed by atoms with Crippen LogP contribution in [0.4, 0.5) is 0 Å². The number of ketones is 1. The third-order valence-electron chi connectivity index (χ3n) is 5.06. The first-order valence-corrected chi connectivity index (χ1v) is 11.0. The first kappa shape index (κ1) is 22.2. The summed E-state index contributed by atoms with van der Waals surface area (Å²) >= 11 is 1.37. The number of carbonyl (C=O) groups is 1. The van der Waals surface area contributed by atoms with E-state index in [2.05, 4.69) is 9.97 Å². The van der Waals surface area contributed by atoms with Crippen molar-refractivity contribution in [2.75, 3.05) is 12.9 Å². The van der Waals surface area contributed by atoms with Gasteiger partial charge in [0, 0.05) is 22.8 Å². The molecule has 0 radical (unpaired) electrons. The maximum absolute atomic E-state index is 13.0. The molecule has 30 heavy (non-hydrogen) atoms. The first-order chi connectivity index (χ1) is 13.9. The Morgan fingerprint density at radius 1 is 1.07 bits per heavy atom. The number of ether oxygens (including phenoxy) is 1. The quantitative estimate of drug-likeness (QED) is 0.395. The third kappa shape index (κ3) is 4.64. The molecular weight excluding hydrogens is 396 g/mol. The van der Waals surface area contributed by atoms with Crippen LogP contribution in [0.1, 0.15) is 63.0 Å². The molecule has 0 aliphatic rings. The molecule has 0 aliphatic heterocycles. The van der Waals surface area contributed by atoms with Crippen LogP contribution >= 0.6 is 11.8 Å². The summed E-state index contributed by atoms with van der Waals surface area (Å²) in [5.74, 6) is 1.31. The molecule has 0 fully saturated rings. The second kappa shape index (κ2) is 7.99. The third-order valence-corrected chi connectivity index (χ3v) is 5.93. The number of hydrogen-bond donors (Lipinski definition) is 2. The molecule has 0 spiro atoms. The summed E-state index contributed by atoms with van der Waals surface area (Å²) < 4.78 is 5.25. The summed E-state index contributed by atoms with van der Waals surface area (Å²) in [4.78, 5) is 20.8. The number of phenols is 1.